The molecule has 1 aromatic rings. The average molecular weight is 248 g/mol. The molecule has 0 saturated heterocycles. The van der Waals surface area contributed by atoms with Crippen molar-refractivity contribution in [1.82, 2.24) is 0 Å². The lowest BCUT2D eigenvalue weighted by Crippen LogP contribution is -2.06. The Balaban J connectivity index is 2.76. The maximum Gasteiger partial charge on any atom is 0.305 e. The van der Waals surface area contributed by atoms with Gasteiger partial charge in [-0.1, -0.05) is 0 Å². The minimum atomic E-state index is -1.59. The fourth-order valence-electron chi connectivity index (χ4n) is 1.29. The van der Waals surface area contributed by atoms with Crippen molar-refractivity contribution >= 4 is 5.97 Å². The number of benzene rings is 1. The van der Waals surface area contributed by atoms with Crippen molar-refractivity contribution in [3.63, 3.8) is 0 Å². The zero-order valence-corrected chi connectivity index (χ0v) is 9.04. The van der Waals surface area contributed by atoms with Crippen molar-refractivity contribution in [2.24, 2.45) is 0 Å². The van der Waals surface area contributed by atoms with Gasteiger partial charge in [0, 0.05) is 6.42 Å². The number of aliphatic hydroxyl groups is 1. The van der Waals surface area contributed by atoms with Crippen LogP contribution in [0, 0.1) is 17.5 Å². The molecule has 0 bridgehead atoms. The average Bonchev–Trinajstić information content (AvgIpc) is 2.31. The smallest absolute Gasteiger partial charge is 0.305 e. The zero-order chi connectivity index (χ0) is 13.0. The second-order valence-electron chi connectivity index (χ2n) is 3.43. The Labute approximate surface area is 95.8 Å². The van der Waals surface area contributed by atoms with Crippen molar-refractivity contribution < 1.29 is 27.8 Å². The van der Waals surface area contributed by atoms with Gasteiger partial charge in [-0.25, -0.2) is 13.2 Å². The zero-order valence-electron chi connectivity index (χ0n) is 9.04. The minimum Gasteiger partial charge on any atom is -0.469 e. The normalized spacial score (nSPS) is 12.3. The van der Waals surface area contributed by atoms with E-state index in [1.165, 1.54) is 7.11 Å². The lowest BCUT2D eigenvalue weighted by atomic mass is 10.0. The van der Waals surface area contributed by atoms with Crippen LogP contribution in [0.25, 0.3) is 0 Å². The van der Waals surface area contributed by atoms with Gasteiger partial charge < -0.3 is 9.84 Å². The Kier molecular flexibility index (Phi) is 4.51. The molecule has 0 heterocycles. The molecule has 17 heavy (non-hydrogen) atoms. The van der Waals surface area contributed by atoms with Gasteiger partial charge in [-0.2, -0.15) is 0 Å². The van der Waals surface area contributed by atoms with Crippen LogP contribution in [0.5, 0.6) is 0 Å². The van der Waals surface area contributed by atoms with Crippen LogP contribution < -0.4 is 0 Å². The molecule has 1 N–H and O–H groups in total. The predicted octanol–water partition coefficient (Wildman–Crippen LogP) is 2.09. The summed E-state index contributed by atoms with van der Waals surface area (Å²) in [6.07, 6.45) is -1.41. The van der Waals surface area contributed by atoms with E-state index >= 15 is 0 Å². The highest BCUT2D eigenvalue weighted by atomic mass is 19.2. The van der Waals surface area contributed by atoms with E-state index in [-0.39, 0.29) is 18.4 Å². The summed E-state index contributed by atoms with van der Waals surface area (Å²) in [6.45, 7) is 0. The molecular formula is C11H11F3O3. The molecule has 1 atom stereocenters. The van der Waals surface area contributed by atoms with Gasteiger partial charge >= 0.3 is 5.97 Å². The molecule has 94 valence electrons. The Morgan fingerprint density at radius 1 is 1.35 bits per heavy atom. The second kappa shape index (κ2) is 5.67. The van der Waals surface area contributed by atoms with E-state index in [2.05, 4.69) is 4.74 Å². The third-order valence-corrected chi connectivity index (χ3v) is 2.24. The number of ether oxygens (including phenoxy) is 1. The molecule has 1 aromatic carbocycles. The summed E-state index contributed by atoms with van der Waals surface area (Å²) < 4.78 is 42.7. The second-order valence-corrected chi connectivity index (χ2v) is 3.43. The molecule has 1 rings (SSSR count). The largest absolute Gasteiger partial charge is 0.469 e. The van der Waals surface area contributed by atoms with Crippen molar-refractivity contribution in [1.29, 1.82) is 0 Å². The molecule has 0 amide bonds. The summed E-state index contributed by atoms with van der Waals surface area (Å²) in [5.74, 6) is -4.89. The molecule has 1 unspecified atom stereocenters. The molecule has 0 aliphatic heterocycles. The Hall–Kier alpha value is -1.56. The lowest BCUT2D eigenvalue weighted by molar-refractivity contribution is -0.141. The number of halogens is 3. The van der Waals surface area contributed by atoms with Gasteiger partial charge in [-0.15, -0.1) is 0 Å². The number of hydrogen-bond acceptors (Lipinski definition) is 3. The van der Waals surface area contributed by atoms with Crippen molar-refractivity contribution in [3.05, 3.63) is 35.1 Å². The van der Waals surface area contributed by atoms with E-state index in [9.17, 15) is 23.1 Å². The molecule has 0 spiro atoms. The highest BCUT2D eigenvalue weighted by Crippen LogP contribution is 2.22. The third-order valence-electron chi connectivity index (χ3n) is 2.24. The van der Waals surface area contributed by atoms with Crippen LogP contribution in [-0.4, -0.2) is 18.2 Å². The third kappa shape index (κ3) is 3.45. The van der Waals surface area contributed by atoms with Crippen LogP contribution >= 0.6 is 0 Å². The molecule has 3 nitrogen and oxygen atoms in total. The lowest BCUT2D eigenvalue weighted by Gasteiger charge is -2.10. The quantitative estimate of drug-likeness (QED) is 0.655. The first-order valence-corrected chi connectivity index (χ1v) is 4.85. The molecule has 0 radical (unpaired) electrons. The number of methoxy groups -OCH3 is 1. The number of carbonyl (C=O) groups is 1. The topological polar surface area (TPSA) is 46.5 Å². The van der Waals surface area contributed by atoms with Crippen LogP contribution in [0.2, 0.25) is 0 Å². The van der Waals surface area contributed by atoms with Gasteiger partial charge in [0.25, 0.3) is 0 Å². The van der Waals surface area contributed by atoms with E-state index in [1.807, 2.05) is 0 Å². The molecule has 0 aliphatic carbocycles. The Morgan fingerprint density at radius 3 is 2.35 bits per heavy atom. The number of carbonyl (C=O) groups excluding carboxylic acids is 1. The summed E-state index contributed by atoms with van der Waals surface area (Å²) in [5, 5.41) is 9.54. The van der Waals surface area contributed by atoms with E-state index < -0.39 is 29.5 Å². The van der Waals surface area contributed by atoms with E-state index in [1.54, 1.807) is 0 Å². The van der Waals surface area contributed by atoms with Crippen LogP contribution in [0.15, 0.2) is 12.1 Å². The van der Waals surface area contributed by atoms with Crippen LogP contribution in [0.1, 0.15) is 24.5 Å². The first-order chi connectivity index (χ1) is 7.95. The van der Waals surface area contributed by atoms with Gasteiger partial charge in [-0.3, -0.25) is 4.79 Å². The van der Waals surface area contributed by atoms with Gasteiger partial charge in [0.15, 0.2) is 17.5 Å². The fraction of sp³-hybridized carbons (Fsp3) is 0.364. The van der Waals surface area contributed by atoms with Crippen molar-refractivity contribution in [3.8, 4) is 0 Å². The predicted molar refractivity (Wildman–Crippen MR) is 52.5 cm³/mol. The molecule has 0 fully saturated rings. The summed E-state index contributed by atoms with van der Waals surface area (Å²) >= 11 is 0. The monoisotopic (exact) mass is 248 g/mol. The van der Waals surface area contributed by atoms with Crippen LogP contribution in [0.4, 0.5) is 13.2 Å². The standard InChI is InChI=1S/C11H11F3O3/c1-17-10(16)3-2-9(15)6-4-7(12)11(14)8(13)5-6/h4-5,9,15H,2-3H2,1H3. The molecular weight excluding hydrogens is 237 g/mol. The first-order valence-electron chi connectivity index (χ1n) is 4.85. The van der Waals surface area contributed by atoms with Gasteiger partial charge in [0.2, 0.25) is 0 Å². The summed E-state index contributed by atoms with van der Waals surface area (Å²) in [5.41, 5.74) is -0.120. The number of esters is 1. The molecule has 0 aliphatic rings. The molecule has 6 heteroatoms. The Bertz CT molecular complexity index is 397. The number of hydrogen-bond donors (Lipinski definition) is 1. The summed E-state index contributed by atoms with van der Waals surface area (Å²) in [4.78, 5) is 10.8. The van der Waals surface area contributed by atoms with E-state index in [0.717, 1.165) is 0 Å². The highest BCUT2D eigenvalue weighted by Gasteiger charge is 2.16. The highest BCUT2D eigenvalue weighted by molar-refractivity contribution is 5.69. The fourth-order valence-corrected chi connectivity index (χ4v) is 1.29. The van der Waals surface area contributed by atoms with E-state index in [0.29, 0.717) is 12.1 Å². The maximum absolute atomic E-state index is 12.8. The van der Waals surface area contributed by atoms with Gasteiger partial charge in [0.05, 0.1) is 13.2 Å². The van der Waals surface area contributed by atoms with Gasteiger partial charge in [0.1, 0.15) is 0 Å². The van der Waals surface area contributed by atoms with Crippen LogP contribution in [-0.2, 0) is 9.53 Å². The SMILES string of the molecule is COC(=O)CCC(O)c1cc(F)c(F)c(F)c1. The summed E-state index contributed by atoms with van der Waals surface area (Å²) in [7, 11) is 1.19. The van der Waals surface area contributed by atoms with Crippen molar-refractivity contribution in [2.75, 3.05) is 7.11 Å². The Morgan fingerprint density at radius 2 is 1.88 bits per heavy atom. The minimum absolute atomic E-state index is 0.0583. The molecule has 0 saturated carbocycles. The van der Waals surface area contributed by atoms with Crippen molar-refractivity contribution in [2.45, 2.75) is 18.9 Å². The maximum atomic E-state index is 12.8. The first kappa shape index (κ1) is 13.5. The molecule has 0 aromatic heterocycles. The van der Waals surface area contributed by atoms with Gasteiger partial charge in [-0.05, 0) is 24.1 Å². The van der Waals surface area contributed by atoms with E-state index in [4.69, 9.17) is 0 Å². The van der Waals surface area contributed by atoms with Crippen LogP contribution in [0.3, 0.4) is 0 Å². The number of rotatable bonds is 4. The number of aliphatic hydroxyl groups excluding tert-OH is 1. The summed E-state index contributed by atoms with van der Waals surface area (Å²) in [6, 6.07) is 1.39.